The van der Waals surface area contributed by atoms with E-state index < -0.39 is 0 Å². The Kier molecular flexibility index (Phi) is 21.0. The first-order valence-electron chi connectivity index (χ1n) is 11.8. The zero-order valence-electron chi connectivity index (χ0n) is 17.7. The highest BCUT2D eigenvalue weighted by atomic mass is 14.1. The summed E-state index contributed by atoms with van der Waals surface area (Å²) in [5, 5.41) is 0. The third kappa shape index (κ3) is 20.0. The second-order valence-electron chi connectivity index (χ2n) is 8.34. The van der Waals surface area contributed by atoms with E-state index in [1.54, 1.807) is 0 Å². The normalized spacial score (nSPS) is 12.6. The van der Waals surface area contributed by atoms with Gasteiger partial charge < -0.3 is 0 Å². The molecule has 0 fully saturated rings. The summed E-state index contributed by atoms with van der Waals surface area (Å²) < 4.78 is 0. The summed E-state index contributed by atoms with van der Waals surface area (Å²) in [4.78, 5) is 0. The molecule has 0 unspecified atom stereocenters. The molecule has 0 aliphatic rings. The lowest BCUT2D eigenvalue weighted by Gasteiger charge is -2.10. The maximum atomic E-state index is 2.46. The van der Waals surface area contributed by atoms with E-state index in [9.17, 15) is 0 Å². The fraction of sp³-hybridized carbons (Fsp3) is 1.00. The monoisotopic (exact) mass is 338 g/mol. The third-order valence-corrected chi connectivity index (χ3v) is 5.60. The summed E-state index contributed by atoms with van der Waals surface area (Å²) in [7, 11) is 0. The van der Waals surface area contributed by atoms with Crippen molar-refractivity contribution in [2.24, 2.45) is 5.92 Å². The molecule has 0 aliphatic heterocycles. The SMILES string of the molecule is CCCCCCCCCCCCCCCCC[C@H](C)CCCCC. The van der Waals surface area contributed by atoms with Crippen LogP contribution in [0, 0.1) is 5.92 Å². The van der Waals surface area contributed by atoms with E-state index in [0.717, 1.165) is 5.92 Å². The Morgan fingerprint density at radius 3 is 1.00 bits per heavy atom. The lowest BCUT2D eigenvalue weighted by molar-refractivity contribution is 0.435. The van der Waals surface area contributed by atoms with Crippen molar-refractivity contribution < 1.29 is 0 Å². The molecule has 24 heavy (non-hydrogen) atoms. The van der Waals surface area contributed by atoms with Crippen LogP contribution in [0.2, 0.25) is 0 Å². The molecule has 0 amide bonds. The molecule has 0 heteroatoms. The van der Waals surface area contributed by atoms with Gasteiger partial charge >= 0.3 is 0 Å². The maximum absolute atomic E-state index is 2.46. The minimum atomic E-state index is 0.971. The van der Waals surface area contributed by atoms with Gasteiger partial charge in [0.25, 0.3) is 0 Å². The maximum Gasteiger partial charge on any atom is -0.0443 e. The lowest BCUT2D eigenvalue weighted by atomic mass is 9.96. The molecule has 0 radical (unpaired) electrons. The van der Waals surface area contributed by atoms with Gasteiger partial charge in [0, 0.05) is 0 Å². The number of unbranched alkanes of at least 4 members (excludes halogenated alkanes) is 16. The van der Waals surface area contributed by atoms with Crippen LogP contribution in [0.1, 0.15) is 149 Å². The van der Waals surface area contributed by atoms with E-state index in [2.05, 4.69) is 20.8 Å². The van der Waals surface area contributed by atoms with Gasteiger partial charge in [0.15, 0.2) is 0 Å². The summed E-state index contributed by atoms with van der Waals surface area (Å²) in [5.74, 6) is 0.971. The minimum absolute atomic E-state index is 0.971. The lowest BCUT2D eigenvalue weighted by Crippen LogP contribution is -1.94. The van der Waals surface area contributed by atoms with Gasteiger partial charge in [0.2, 0.25) is 0 Å². The molecular formula is C24H50. The Balaban J connectivity index is 3.05. The van der Waals surface area contributed by atoms with E-state index in [4.69, 9.17) is 0 Å². The molecule has 0 spiro atoms. The van der Waals surface area contributed by atoms with Crippen molar-refractivity contribution in [3.63, 3.8) is 0 Å². The van der Waals surface area contributed by atoms with Gasteiger partial charge in [0.1, 0.15) is 0 Å². The number of hydrogen-bond donors (Lipinski definition) is 0. The number of rotatable bonds is 20. The van der Waals surface area contributed by atoms with E-state index in [1.807, 2.05) is 0 Å². The smallest absolute Gasteiger partial charge is 0.0443 e. The van der Waals surface area contributed by atoms with Crippen LogP contribution in [0.3, 0.4) is 0 Å². The molecule has 0 aliphatic carbocycles. The predicted octanol–water partition coefficient (Wildman–Crippen LogP) is 9.46. The predicted molar refractivity (Wildman–Crippen MR) is 113 cm³/mol. The molecule has 0 aromatic carbocycles. The minimum Gasteiger partial charge on any atom is -0.0654 e. The van der Waals surface area contributed by atoms with E-state index >= 15 is 0 Å². The summed E-state index contributed by atoms with van der Waals surface area (Å²) in [6.45, 7) is 7.06. The molecule has 0 saturated carbocycles. The van der Waals surface area contributed by atoms with Gasteiger partial charge in [-0.25, -0.2) is 0 Å². The van der Waals surface area contributed by atoms with E-state index in [-0.39, 0.29) is 0 Å². The summed E-state index contributed by atoms with van der Waals surface area (Å²) in [6.07, 6.45) is 29.3. The molecule has 0 aromatic rings. The van der Waals surface area contributed by atoms with Crippen LogP contribution in [0.15, 0.2) is 0 Å². The van der Waals surface area contributed by atoms with Crippen LogP contribution in [0.25, 0.3) is 0 Å². The highest BCUT2D eigenvalue weighted by Crippen LogP contribution is 2.18. The van der Waals surface area contributed by atoms with Crippen LogP contribution >= 0.6 is 0 Å². The average molecular weight is 339 g/mol. The van der Waals surface area contributed by atoms with Gasteiger partial charge in [0.05, 0.1) is 0 Å². The van der Waals surface area contributed by atoms with Gasteiger partial charge in [-0.2, -0.15) is 0 Å². The summed E-state index contributed by atoms with van der Waals surface area (Å²) in [6, 6.07) is 0. The van der Waals surface area contributed by atoms with Crippen molar-refractivity contribution in [3.8, 4) is 0 Å². The van der Waals surface area contributed by atoms with Gasteiger partial charge in [-0.15, -0.1) is 0 Å². The second kappa shape index (κ2) is 21.0. The van der Waals surface area contributed by atoms with Gasteiger partial charge in [-0.05, 0) is 5.92 Å². The van der Waals surface area contributed by atoms with Crippen molar-refractivity contribution >= 4 is 0 Å². The highest BCUT2D eigenvalue weighted by Gasteiger charge is 2.01. The topological polar surface area (TPSA) is 0 Å². The second-order valence-corrected chi connectivity index (χ2v) is 8.34. The fourth-order valence-corrected chi connectivity index (χ4v) is 3.75. The van der Waals surface area contributed by atoms with Crippen LogP contribution in [0.4, 0.5) is 0 Å². The van der Waals surface area contributed by atoms with Crippen LogP contribution < -0.4 is 0 Å². The van der Waals surface area contributed by atoms with E-state index in [0.29, 0.717) is 0 Å². The van der Waals surface area contributed by atoms with Gasteiger partial charge in [-0.1, -0.05) is 149 Å². The molecule has 0 nitrogen and oxygen atoms in total. The Labute approximate surface area is 155 Å². The largest absolute Gasteiger partial charge is 0.0654 e. The number of hydrogen-bond acceptors (Lipinski definition) is 0. The van der Waals surface area contributed by atoms with E-state index in [1.165, 1.54) is 128 Å². The van der Waals surface area contributed by atoms with Crippen molar-refractivity contribution in [3.05, 3.63) is 0 Å². The first kappa shape index (κ1) is 24.0. The summed E-state index contributed by atoms with van der Waals surface area (Å²) in [5.41, 5.74) is 0. The molecule has 0 rings (SSSR count). The zero-order chi connectivity index (χ0) is 17.7. The van der Waals surface area contributed by atoms with Crippen molar-refractivity contribution in [2.75, 3.05) is 0 Å². The van der Waals surface area contributed by atoms with Crippen LogP contribution in [-0.2, 0) is 0 Å². The quantitative estimate of drug-likeness (QED) is 0.194. The molecule has 0 aromatic heterocycles. The first-order valence-corrected chi connectivity index (χ1v) is 11.8. The molecule has 146 valence electrons. The third-order valence-electron chi connectivity index (χ3n) is 5.60. The molecule has 0 N–H and O–H groups in total. The highest BCUT2D eigenvalue weighted by molar-refractivity contribution is 4.55. The standard InChI is InChI=1S/C24H50/c1-4-6-8-9-10-11-12-13-14-15-16-17-18-19-21-23-24(3)22-20-7-5-2/h24H,4-23H2,1-3H3/t24-/m1/s1. The molecular weight excluding hydrogens is 288 g/mol. The molecule has 0 heterocycles. The van der Waals surface area contributed by atoms with Gasteiger partial charge in [-0.3, -0.25) is 0 Å². The van der Waals surface area contributed by atoms with Crippen LogP contribution in [-0.4, -0.2) is 0 Å². The molecule has 0 bridgehead atoms. The van der Waals surface area contributed by atoms with Crippen molar-refractivity contribution in [2.45, 2.75) is 149 Å². The Hall–Kier alpha value is 0. The first-order chi connectivity index (χ1) is 11.8. The summed E-state index contributed by atoms with van der Waals surface area (Å²) >= 11 is 0. The fourth-order valence-electron chi connectivity index (χ4n) is 3.75. The molecule has 1 atom stereocenters. The average Bonchev–Trinajstić information content (AvgIpc) is 2.58. The van der Waals surface area contributed by atoms with Crippen molar-refractivity contribution in [1.82, 2.24) is 0 Å². The van der Waals surface area contributed by atoms with Crippen LogP contribution in [0.5, 0.6) is 0 Å². The van der Waals surface area contributed by atoms with Crippen molar-refractivity contribution in [1.29, 1.82) is 0 Å². The Bertz CT molecular complexity index is 208. The molecule has 0 saturated heterocycles. The Morgan fingerprint density at radius 2 is 0.625 bits per heavy atom. The zero-order valence-corrected chi connectivity index (χ0v) is 17.7. The Morgan fingerprint density at radius 1 is 0.375 bits per heavy atom.